The molecule has 2 heterocycles. The second-order valence-corrected chi connectivity index (χ2v) is 7.58. The average Bonchev–Trinajstić information content (AvgIpc) is 2.99. The van der Waals surface area contributed by atoms with Crippen LogP contribution in [0.4, 0.5) is 0 Å². The Hall–Kier alpha value is -3.51. The van der Waals surface area contributed by atoms with Gasteiger partial charge in [0.25, 0.3) is 0 Å². The maximum Gasteiger partial charge on any atom is 0.157 e. The first-order chi connectivity index (χ1) is 13.9. The maximum atomic E-state index is 11.3. The lowest BCUT2D eigenvalue weighted by molar-refractivity contribution is -0.0219. The van der Waals surface area contributed by atoms with Crippen LogP contribution in [0.3, 0.4) is 0 Å². The van der Waals surface area contributed by atoms with Crippen molar-refractivity contribution in [2.75, 3.05) is 6.61 Å². The van der Waals surface area contributed by atoms with Gasteiger partial charge in [-0.15, -0.1) is 0 Å². The normalized spacial score (nSPS) is 22.0. The molecule has 0 saturated heterocycles. The lowest BCUT2D eigenvalue weighted by atomic mass is 9.80. The smallest absolute Gasteiger partial charge is 0.157 e. The molecule has 1 aliphatic heterocycles. The molecule has 3 aromatic rings. The summed E-state index contributed by atoms with van der Waals surface area (Å²) >= 11 is 0. The van der Waals surface area contributed by atoms with Crippen molar-refractivity contribution in [1.29, 1.82) is 0 Å². The Kier molecular flexibility index (Phi) is 3.79. The summed E-state index contributed by atoms with van der Waals surface area (Å²) in [7, 11) is 0. The van der Waals surface area contributed by atoms with Crippen molar-refractivity contribution in [3.63, 3.8) is 0 Å². The number of hydrogen-bond acceptors (Lipinski definition) is 6. The molecule has 6 nitrogen and oxygen atoms in total. The fourth-order valence-electron chi connectivity index (χ4n) is 4.31. The first kappa shape index (κ1) is 17.6. The molecule has 0 saturated carbocycles. The van der Waals surface area contributed by atoms with Crippen LogP contribution < -0.4 is 4.74 Å². The number of pyridine rings is 1. The van der Waals surface area contributed by atoms with Gasteiger partial charge >= 0.3 is 0 Å². The van der Waals surface area contributed by atoms with Gasteiger partial charge in [-0.3, -0.25) is 4.98 Å². The molecule has 1 aliphatic carbocycles. The van der Waals surface area contributed by atoms with Gasteiger partial charge < -0.3 is 25.2 Å². The number of phenolic OH excluding ortho intramolecular Hbond substituents is 3. The van der Waals surface area contributed by atoms with Crippen molar-refractivity contribution in [2.24, 2.45) is 0 Å². The quantitative estimate of drug-likeness (QED) is 0.502. The molecule has 0 fully saturated rings. The van der Waals surface area contributed by atoms with Crippen molar-refractivity contribution in [1.82, 2.24) is 4.98 Å². The van der Waals surface area contributed by atoms with Gasteiger partial charge in [-0.1, -0.05) is 6.07 Å². The Morgan fingerprint density at radius 1 is 0.966 bits per heavy atom. The third kappa shape index (κ3) is 2.80. The number of aromatic hydroxyl groups is 3. The highest BCUT2D eigenvalue weighted by molar-refractivity contribution is 5.73. The predicted molar refractivity (Wildman–Crippen MR) is 107 cm³/mol. The molecular weight excluding hydrogens is 370 g/mol. The molecule has 146 valence electrons. The molecule has 1 aromatic heterocycles. The largest absolute Gasteiger partial charge is 0.507 e. The second-order valence-electron chi connectivity index (χ2n) is 7.58. The zero-order valence-electron chi connectivity index (χ0n) is 15.4. The molecule has 0 amide bonds. The van der Waals surface area contributed by atoms with E-state index in [9.17, 15) is 20.4 Å². The van der Waals surface area contributed by atoms with Gasteiger partial charge in [-0.2, -0.15) is 0 Å². The third-order valence-corrected chi connectivity index (χ3v) is 5.65. The Labute approximate surface area is 167 Å². The Balaban J connectivity index is 1.62. The van der Waals surface area contributed by atoms with Gasteiger partial charge in [0.2, 0.25) is 0 Å². The van der Waals surface area contributed by atoms with Gasteiger partial charge in [-0.05, 0) is 53.6 Å². The minimum absolute atomic E-state index is 0.0590. The molecule has 0 unspecified atom stereocenters. The van der Waals surface area contributed by atoms with Crippen LogP contribution in [0.2, 0.25) is 0 Å². The van der Waals surface area contributed by atoms with Crippen LogP contribution in [0, 0.1) is 0 Å². The summed E-state index contributed by atoms with van der Waals surface area (Å²) < 4.78 is 5.76. The highest BCUT2D eigenvalue weighted by Gasteiger charge is 2.50. The monoisotopic (exact) mass is 389 g/mol. The van der Waals surface area contributed by atoms with Gasteiger partial charge in [-0.25, -0.2) is 0 Å². The molecule has 2 aliphatic rings. The van der Waals surface area contributed by atoms with Gasteiger partial charge in [0.15, 0.2) is 11.5 Å². The number of benzene rings is 2. The Bertz CT molecular complexity index is 1140. The molecule has 6 heteroatoms. The van der Waals surface area contributed by atoms with E-state index in [1.54, 1.807) is 30.5 Å². The van der Waals surface area contributed by atoms with Crippen molar-refractivity contribution < 1.29 is 25.2 Å². The fraction of sp³-hybridized carbons (Fsp3) is 0.174. The number of nitrogens with zero attached hydrogens (tertiary/aromatic N) is 1. The van der Waals surface area contributed by atoms with Crippen LogP contribution in [-0.4, -0.2) is 37.6 Å². The summed E-state index contributed by atoms with van der Waals surface area (Å²) in [5.41, 5.74) is 2.37. The predicted octanol–water partition coefficient (Wildman–Crippen LogP) is 3.18. The SMILES string of the molecule is Oc1cc2c(cc1O)[C@@H]1c3cc(/C=C/c4ccccn4)c(O)cc3OC[C@]1(O)C2. The summed E-state index contributed by atoms with van der Waals surface area (Å²) in [6, 6.07) is 11.9. The summed E-state index contributed by atoms with van der Waals surface area (Å²) in [5, 5.41) is 41.5. The van der Waals surface area contributed by atoms with Gasteiger partial charge in [0.05, 0.1) is 5.69 Å². The molecule has 2 aromatic carbocycles. The summed E-state index contributed by atoms with van der Waals surface area (Å²) in [4.78, 5) is 4.24. The zero-order valence-corrected chi connectivity index (χ0v) is 15.4. The van der Waals surface area contributed by atoms with E-state index < -0.39 is 11.5 Å². The number of rotatable bonds is 2. The van der Waals surface area contributed by atoms with E-state index in [4.69, 9.17) is 4.74 Å². The van der Waals surface area contributed by atoms with Crippen LogP contribution in [0.5, 0.6) is 23.0 Å². The van der Waals surface area contributed by atoms with Gasteiger partial charge in [0, 0.05) is 35.7 Å². The lowest BCUT2D eigenvalue weighted by Gasteiger charge is -2.36. The molecule has 2 atom stereocenters. The number of ether oxygens (including phenoxy) is 1. The van der Waals surface area contributed by atoms with Crippen molar-refractivity contribution >= 4 is 12.2 Å². The molecule has 4 N–H and O–H groups in total. The van der Waals surface area contributed by atoms with E-state index in [1.807, 2.05) is 18.2 Å². The molecule has 5 rings (SSSR count). The number of hydrogen-bond donors (Lipinski definition) is 4. The van der Waals surface area contributed by atoms with Crippen LogP contribution in [0.15, 0.2) is 48.7 Å². The van der Waals surface area contributed by atoms with E-state index in [0.717, 1.165) is 22.4 Å². The maximum absolute atomic E-state index is 11.3. The summed E-state index contributed by atoms with van der Waals surface area (Å²) in [5.74, 6) is -0.317. The summed E-state index contributed by atoms with van der Waals surface area (Å²) in [6.45, 7) is 0.0590. The van der Waals surface area contributed by atoms with E-state index in [0.29, 0.717) is 17.7 Å². The highest BCUT2D eigenvalue weighted by atomic mass is 16.5. The van der Waals surface area contributed by atoms with Crippen molar-refractivity contribution in [3.8, 4) is 23.0 Å². The van der Waals surface area contributed by atoms with Crippen LogP contribution in [-0.2, 0) is 6.42 Å². The fourth-order valence-corrected chi connectivity index (χ4v) is 4.31. The van der Waals surface area contributed by atoms with Crippen molar-refractivity contribution in [2.45, 2.75) is 17.9 Å². The topological polar surface area (TPSA) is 103 Å². The van der Waals surface area contributed by atoms with Crippen LogP contribution in [0.25, 0.3) is 12.2 Å². The Morgan fingerprint density at radius 2 is 1.79 bits per heavy atom. The highest BCUT2D eigenvalue weighted by Crippen LogP contribution is 2.53. The van der Waals surface area contributed by atoms with Crippen LogP contribution >= 0.6 is 0 Å². The minimum atomic E-state index is -1.19. The molecule has 29 heavy (non-hydrogen) atoms. The molecular formula is C23H19NO5. The average molecular weight is 389 g/mol. The lowest BCUT2D eigenvalue weighted by Crippen LogP contribution is -2.43. The Morgan fingerprint density at radius 3 is 2.59 bits per heavy atom. The second kappa shape index (κ2) is 6.25. The van der Waals surface area contributed by atoms with Crippen LogP contribution in [0.1, 0.15) is 33.9 Å². The molecule has 0 radical (unpaired) electrons. The summed E-state index contributed by atoms with van der Waals surface area (Å²) in [6.07, 6.45) is 5.55. The molecule has 0 spiro atoms. The number of aliphatic hydroxyl groups is 1. The minimum Gasteiger partial charge on any atom is -0.507 e. The van der Waals surface area contributed by atoms with E-state index in [-0.39, 0.29) is 23.9 Å². The molecule has 0 bridgehead atoms. The zero-order chi connectivity index (χ0) is 20.2. The number of phenols is 3. The van der Waals surface area contributed by atoms with E-state index in [1.165, 1.54) is 12.1 Å². The van der Waals surface area contributed by atoms with E-state index >= 15 is 0 Å². The number of aromatic nitrogens is 1. The number of fused-ring (bicyclic) bond motifs is 5. The van der Waals surface area contributed by atoms with Gasteiger partial charge in [0.1, 0.15) is 23.7 Å². The first-order valence-corrected chi connectivity index (χ1v) is 9.30. The first-order valence-electron chi connectivity index (χ1n) is 9.30. The van der Waals surface area contributed by atoms with E-state index in [2.05, 4.69) is 4.98 Å². The van der Waals surface area contributed by atoms with Crippen molar-refractivity contribution in [3.05, 3.63) is 76.6 Å². The third-order valence-electron chi connectivity index (χ3n) is 5.65. The standard InChI is InChI=1S/C23H19NO5/c25-18-10-21-17(7-13(18)4-5-15-3-1-2-6-24-15)22-16-9-20(27)19(26)8-14(16)11-23(22,28)12-29-21/h1-10,22,25-28H,11-12H2/b5-4+/t22-,23-/m1/s1.